The van der Waals surface area contributed by atoms with Crippen LogP contribution in [0.25, 0.3) is 0 Å². The summed E-state index contributed by atoms with van der Waals surface area (Å²) in [5, 5.41) is 14.3. The number of aryl methyl sites for hydroxylation is 2. The van der Waals surface area contributed by atoms with E-state index in [0.717, 1.165) is 12.0 Å². The van der Waals surface area contributed by atoms with Crippen molar-refractivity contribution < 1.29 is 9.84 Å². The van der Waals surface area contributed by atoms with E-state index < -0.39 is 5.79 Å². The molecule has 0 saturated carbocycles. The minimum Gasteiger partial charge on any atom is -0.361 e. The van der Waals surface area contributed by atoms with Gasteiger partial charge in [0.2, 0.25) is 5.79 Å². The van der Waals surface area contributed by atoms with Crippen LogP contribution >= 0.6 is 0 Å². The van der Waals surface area contributed by atoms with Gasteiger partial charge in [-0.25, -0.2) is 0 Å². The van der Waals surface area contributed by atoms with Crippen LogP contribution in [0.1, 0.15) is 44.4 Å². The molecule has 0 amide bonds. The minimum atomic E-state index is -1.24. The first kappa shape index (κ1) is 14.5. The van der Waals surface area contributed by atoms with Crippen LogP contribution in [0.15, 0.2) is 18.2 Å². The second-order valence-corrected chi connectivity index (χ2v) is 6.23. The van der Waals surface area contributed by atoms with E-state index in [0.29, 0.717) is 6.61 Å². The molecule has 2 unspecified atom stereocenters. The molecule has 3 nitrogen and oxygen atoms in total. The van der Waals surface area contributed by atoms with Crippen molar-refractivity contribution in [1.29, 1.82) is 0 Å². The first-order chi connectivity index (χ1) is 8.78. The summed E-state index contributed by atoms with van der Waals surface area (Å²) in [4.78, 5) is 0. The summed E-state index contributed by atoms with van der Waals surface area (Å²) in [5.41, 5.74) is 3.24. The van der Waals surface area contributed by atoms with Gasteiger partial charge in [0.15, 0.2) is 0 Å². The van der Waals surface area contributed by atoms with Gasteiger partial charge in [0, 0.05) is 11.1 Å². The Hall–Kier alpha value is -0.900. The largest absolute Gasteiger partial charge is 0.361 e. The molecule has 1 aliphatic rings. The van der Waals surface area contributed by atoms with E-state index in [1.807, 2.05) is 19.1 Å². The summed E-state index contributed by atoms with van der Waals surface area (Å²) in [6.07, 6.45) is 1.01. The van der Waals surface area contributed by atoms with Gasteiger partial charge in [-0.15, -0.1) is 0 Å². The van der Waals surface area contributed by atoms with Crippen molar-refractivity contribution in [3.63, 3.8) is 0 Å². The lowest BCUT2D eigenvalue weighted by molar-refractivity contribution is -0.263. The average molecular weight is 263 g/mol. The van der Waals surface area contributed by atoms with E-state index in [4.69, 9.17) is 4.74 Å². The molecule has 3 heteroatoms. The van der Waals surface area contributed by atoms with Gasteiger partial charge in [0.05, 0.1) is 12.6 Å². The van der Waals surface area contributed by atoms with Crippen LogP contribution in [0.5, 0.6) is 0 Å². The molecule has 2 atom stereocenters. The van der Waals surface area contributed by atoms with E-state index in [9.17, 15) is 5.11 Å². The van der Waals surface area contributed by atoms with Crippen LogP contribution in [0, 0.1) is 6.92 Å². The molecule has 2 rings (SSSR count). The molecule has 106 valence electrons. The Morgan fingerprint density at radius 2 is 2.11 bits per heavy atom. The molecule has 0 bridgehead atoms. The molecule has 0 aromatic heterocycles. The van der Waals surface area contributed by atoms with E-state index >= 15 is 0 Å². The van der Waals surface area contributed by atoms with Crippen LogP contribution in [0.2, 0.25) is 0 Å². The van der Waals surface area contributed by atoms with E-state index in [1.54, 1.807) is 0 Å². The monoisotopic (exact) mass is 263 g/mol. The van der Waals surface area contributed by atoms with E-state index in [-0.39, 0.29) is 11.6 Å². The lowest BCUT2D eigenvalue weighted by Crippen LogP contribution is -2.63. The lowest BCUT2D eigenvalue weighted by atomic mass is 9.90. The molecule has 1 saturated heterocycles. The third-order valence-electron chi connectivity index (χ3n) is 3.98. The van der Waals surface area contributed by atoms with E-state index in [1.165, 1.54) is 11.1 Å². The van der Waals surface area contributed by atoms with Crippen molar-refractivity contribution in [1.82, 2.24) is 5.32 Å². The Morgan fingerprint density at radius 1 is 1.42 bits per heavy atom. The fourth-order valence-corrected chi connectivity index (χ4v) is 2.79. The summed E-state index contributed by atoms with van der Waals surface area (Å²) >= 11 is 0. The molecule has 0 aliphatic carbocycles. The number of benzene rings is 1. The highest BCUT2D eigenvalue weighted by atomic mass is 16.6. The summed E-state index contributed by atoms with van der Waals surface area (Å²) in [6.45, 7) is 10.8. The zero-order chi connectivity index (χ0) is 14.3. The van der Waals surface area contributed by atoms with Crippen LogP contribution in [0.3, 0.4) is 0 Å². The Balaban J connectivity index is 2.32. The minimum absolute atomic E-state index is 0.107. The first-order valence-electron chi connectivity index (χ1n) is 7.02. The molecule has 0 radical (unpaired) electrons. The van der Waals surface area contributed by atoms with Crippen molar-refractivity contribution in [2.24, 2.45) is 0 Å². The molecule has 1 fully saturated rings. The maximum Gasteiger partial charge on any atom is 0.208 e. The number of aliphatic hydroxyl groups is 1. The molecule has 0 spiro atoms. The molecule has 1 aromatic rings. The van der Waals surface area contributed by atoms with Gasteiger partial charge in [-0.2, -0.15) is 0 Å². The first-order valence-corrected chi connectivity index (χ1v) is 7.02. The van der Waals surface area contributed by atoms with Crippen LogP contribution in [-0.4, -0.2) is 23.3 Å². The van der Waals surface area contributed by atoms with Gasteiger partial charge in [-0.05, 0) is 45.2 Å². The maximum atomic E-state index is 10.8. The Labute approximate surface area is 116 Å². The fourth-order valence-electron chi connectivity index (χ4n) is 2.79. The molecule has 1 aromatic carbocycles. The summed E-state index contributed by atoms with van der Waals surface area (Å²) < 4.78 is 5.80. The Kier molecular flexibility index (Phi) is 3.74. The average Bonchev–Trinajstić information content (AvgIpc) is 2.34. The lowest BCUT2D eigenvalue weighted by Gasteiger charge is -2.46. The SMILES string of the molecule is CCc1ccc(C2(O)OCC(C)(C)NC2C)cc1C. The number of rotatable bonds is 2. The predicted octanol–water partition coefficient (Wildman–Crippen LogP) is 2.49. The molecule has 1 aliphatic heterocycles. The zero-order valence-corrected chi connectivity index (χ0v) is 12.6. The number of ether oxygens (including phenoxy) is 1. The normalized spacial score (nSPS) is 30.3. The number of hydrogen-bond donors (Lipinski definition) is 2. The number of hydrogen-bond acceptors (Lipinski definition) is 3. The third-order valence-corrected chi connectivity index (χ3v) is 3.98. The third kappa shape index (κ3) is 2.69. The van der Waals surface area contributed by atoms with Crippen molar-refractivity contribution >= 4 is 0 Å². The van der Waals surface area contributed by atoms with Crippen molar-refractivity contribution in [2.75, 3.05) is 6.61 Å². The van der Waals surface area contributed by atoms with Crippen LogP contribution < -0.4 is 5.32 Å². The van der Waals surface area contributed by atoms with Crippen molar-refractivity contribution in [2.45, 2.75) is 58.4 Å². The molecule has 19 heavy (non-hydrogen) atoms. The molecular formula is C16H25NO2. The standard InChI is InChI=1S/C16H25NO2/c1-6-13-7-8-14(9-11(13)2)16(18)12(3)17-15(4,5)10-19-16/h7-9,12,17-18H,6,10H2,1-5H3. The van der Waals surface area contributed by atoms with Crippen LogP contribution in [-0.2, 0) is 16.9 Å². The van der Waals surface area contributed by atoms with Gasteiger partial charge in [-0.3, -0.25) is 0 Å². The van der Waals surface area contributed by atoms with Crippen molar-refractivity contribution in [3.8, 4) is 0 Å². The summed E-state index contributed by atoms with van der Waals surface area (Å²) in [6, 6.07) is 5.94. The van der Waals surface area contributed by atoms with Gasteiger partial charge in [-0.1, -0.05) is 25.1 Å². The molecular weight excluding hydrogens is 238 g/mol. The van der Waals surface area contributed by atoms with Crippen molar-refractivity contribution in [3.05, 3.63) is 34.9 Å². The number of nitrogens with one attached hydrogen (secondary N) is 1. The van der Waals surface area contributed by atoms with Gasteiger partial charge in [0.1, 0.15) is 0 Å². The molecule has 1 heterocycles. The second kappa shape index (κ2) is 4.89. The van der Waals surface area contributed by atoms with Gasteiger partial charge in [0.25, 0.3) is 0 Å². The highest BCUT2D eigenvalue weighted by Crippen LogP contribution is 2.33. The predicted molar refractivity (Wildman–Crippen MR) is 77.1 cm³/mol. The topological polar surface area (TPSA) is 41.5 Å². The summed E-state index contributed by atoms with van der Waals surface area (Å²) in [7, 11) is 0. The van der Waals surface area contributed by atoms with E-state index in [2.05, 4.69) is 39.1 Å². The second-order valence-electron chi connectivity index (χ2n) is 6.23. The highest BCUT2D eigenvalue weighted by Gasteiger charge is 2.44. The quantitative estimate of drug-likeness (QED) is 0.861. The van der Waals surface area contributed by atoms with Gasteiger partial charge >= 0.3 is 0 Å². The van der Waals surface area contributed by atoms with Crippen LogP contribution in [0.4, 0.5) is 0 Å². The maximum absolute atomic E-state index is 10.8. The highest BCUT2D eigenvalue weighted by molar-refractivity contribution is 5.34. The Bertz CT molecular complexity index is 470. The number of morpholine rings is 1. The molecule has 2 N–H and O–H groups in total. The van der Waals surface area contributed by atoms with Gasteiger partial charge < -0.3 is 15.2 Å². The summed E-state index contributed by atoms with van der Waals surface area (Å²) in [5.74, 6) is -1.24. The smallest absolute Gasteiger partial charge is 0.208 e. The fraction of sp³-hybridized carbons (Fsp3) is 0.625. The zero-order valence-electron chi connectivity index (χ0n) is 12.6. The Morgan fingerprint density at radius 3 is 2.63 bits per heavy atom.